The molecular weight excluding hydrogens is 276 g/mol. The molecule has 1 saturated heterocycles. The van der Waals surface area contributed by atoms with Gasteiger partial charge in [-0.2, -0.15) is 0 Å². The highest BCUT2D eigenvalue weighted by Crippen LogP contribution is 2.25. The molecule has 0 saturated carbocycles. The number of aryl methyl sites for hydroxylation is 1. The Morgan fingerprint density at radius 1 is 1.50 bits per heavy atom. The van der Waals surface area contributed by atoms with Crippen molar-refractivity contribution in [1.82, 2.24) is 19.6 Å². The first-order valence-electron chi connectivity index (χ1n) is 7.25. The number of hydrogen-bond acceptors (Lipinski definition) is 4. The second kappa shape index (κ2) is 5.13. The molecule has 0 aromatic carbocycles. The molecule has 2 N–H and O–H groups in total. The molecule has 1 fully saturated rings. The van der Waals surface area contributed by atoms with Gasteiger partial charge in [0.15, 0.2) is 5.03 Å². The van der Waals surface area contributed by atoms with Crippen LogP contribution >= 0.6 is 0 Å². The van der Waals surface area contributed by atoms with E-state index in [1.165, 1.54) is 6.20 Å². The summed E-state index contributed by atoms with van der Waals surface area (Å²) in [5.74, 6) is 0.885. The van der Waals surface area contributed by atoms with Crippen LogP contribution < -0.4 is 10.0 Å². The van der Waals surface area contributed by atoms with E-state index in [-0.39, 0.29) is 5.41 Å². The SMILES string of the molecule is CC1(CNS(=O)(=O)c2cnc3n2CCC3)CCCNC1. The molecule has 1 aromatic rings. The van der Waals surface area contributed by atoms with Crippen molar-refractivity contribution in [3.8, 4) is 0 Å². The van der Waals surface area contributed by atoms with Gasteiger partial charge in [-0.15, -0.1) is 0 Å². The van der Waals surface area contributed by atoms with E-state index < -0.39 is 10.0 Å². The predicted molar refractivity (Wildman–Crippen MR) is 75.9 cm³/mol. The summed E-state index contributed by atoms with van der Waals surface area (Å²) in [5.41, 5.74) is -0.000813. The van der Waals surface area contributed by atoms with Gasteiger partial charge in [0.2, 0.25) is 0 Å². The van der Waals surface area contributed by atoms with Crippen molar-refractivity contribution >= 4 is 10.0 Å². The molecule has 0 aliphatic carbocycles. The van der Waals surface area contributed by atoms with Crippen LogP contribution in [0.15, 0.2) is 11.2 Å². The first-order valence-corrected chi connectivity index (χ1v) is 8.73. The van der Waals surface area contributed by atoms with Crippen molar-refractivity contribution < 1.29 is 8.42 Å². The third-order valence-corrected chi connectivity index (χ3v) is 5.73. The van der Waals surface area contributed by atoms with Crippen molar-refractivity contribution in [2.75, 3.05) is 19.6 Å². The third kappa shape index (κ3) is 2.62. The van der Waals surface area contributed by atoms with E-state index in [1.807, 2.05) is 4.57 Å². The van der Waals surface area contributed by atoms with Crippen LogP contribution in [-0.2, 0) is 23.0 Å². The number of rotatable bonds is 4. The summed E-state index contributed by atoms with van der Waals surface area (Å²) < 4.78 is 29.5. The normalized spacial score (nSPS) is 26.6. The van der Waals surface area contributed by atoms with Crippen molar-refractivity contribution in [2.45, 2.75) is 44.2 Å². The number of hydrogen-bond donors (Lipinski definition) is 2. The van der Waals surface area contributed by atoms with Crippen LogP contribution in [0.2, 0.25) is 0 Å². The Labute approximate surface area is 120 Å². The fourth-order valence-electron chi connectivity index (χ4n) is 3.06. The van der Waals surface area contributed by atoms with Gasteiger partial charge in [-0.3, -0.25) is 0 Å². The summed E-state index contributed by atoms with van der Waals surface area (Å²) in [6.07, 6.45) is 5.48. The van der Waals surface area contributed by atoms with E-state index in [4.69, 9.17) is 0 Å². The minimum Gasteiger partial charge on any atom is -0.318 e. The highest BCUT2D eigenvalue weighted by Gasteiger charge is 2.30. The second-order valence-electron chi connectivity index (χ2n) is 6.18. The Kier molecular flexibility index (Phi) is 3.60. The summed E-state index contributed by atoms with van der Waals surface area (Å²) in [5, 5.41) is 3.65. The fraction of sp³-hybridized carbons (Fsp3) is 0.769. The van der Waals surface area contributed by atoms with Crippen molar-refractivity contribution in [1.29, 1.82) is 0 Å². The molecule has 2 aliphatic rings. The lowest BCUT2D eigenvalue weighted by Crippen LogP contribution is -2.45. The number of nitrogens with one attached hydrogen (secondary N) is 2. The third-order valence-electron chi connectivity index (χ3n) is 4.33. The zero-order valence-electron chi connectivity index (χ0n) is 11.9. The minimum atomic E-state index is -3.46. The predicted octanol–water partition coefficient (Wildman–Crippen LogP) is 0.497. The lowest BCUT2D eigenvalue weighted by atomic mass is 9.83. The maximum atomic E-state index is 12.4. The number of aromatic nitrogens is 2. The molecule has 2 aliphatic heterocycles. The van der Waals surface area contributed by atoms with Crippen molar-refractivity contribution in [3.63, 3.8) is 0 Å². The van der Waals surface area contributed by atoms with Crippen LogP contribution in [0.4, 0.5) is 0 Å². The number of nitrogens with zero attached hydrogens (tertiary/aromatic N) is 2. The van der Waals surface area contributed by atoms with Crippen LogP contribution in [0.1, 0.15) is 32.0 Å². The minimum absolute atomic E-state index is 0.000813. The first-order chi connectivity index (χ1) is 9.50. The standard InChI is InChI=1S/C13H22N4O2S/c1-13(5-3-6-14-9-13)10-16-20(18,19)12-8-15-11-4-2-7-17(11)12/h8,14,16H,2-7,9-10H2,1H3. The molecule has 0 spiro atoms. The average Bonchev–Trinajstić information content (AvgIpc) is 3.00. The number of fused-ring (bicyclic) bond motifs is 1. The monoisotopic (exact) mass is 298 g/mol. The molecule has 0 bridgehead atoms. The van der Waals surface area contributed by atoms with Crippen LogP contribution in [0.5, 0.6) is 0 Å². The molecule has 0 radical (unpaired) electrons. The zero-order valence-corrected chi connectivity index (χ0v) is 12.7. The molecule has 1 aromatic heterocycles. The molecule has 20 heavy (non-hydrogen) atoms. The highest BCUT2D eigenvalue weighted by molar-refractivity contribution is 7.89. The number of imidazole rings is 1. The lowest BCUT2D eigenvalue weighted by molar-refractivity contribution is 0.238. The van der Waals surface area contributed by atoms with Crippen LogP contribution in [0.25, 0.3) is 0 Å². The van der Waals surface area contributed by atoms with Gasteiger partial charge in [-0.1, -0.05) is 6.92 Å². The summed E-state index contributed by atoms with van der Waals surface area (Å²) >= 11 is 0. The van der Waals surface area contributed by atoms with Gasteiger partial charge >= 0.3 is 0 Å². The summed E-state index contributed by atoms with van der Waals surface area (Å²) in [7, 11) is -3.46. The van der Waals surface area contributed by atoms with Gasteiger partial charge in [-0.25, -0.2) is 18.1 Å². The Morgan fingerprint density at radius 2 is 2.35 bits per heavy atom. The molecule has 0 amide bonds. The lowest BCUT2D eigenvalue weighted by Gasteiger charge is -2.34. The smallest absolute Gasteiger partial charge is 0.257 e. The molecule has 6 nitrogen and oxygen atoms in total. The van der Waals surface area contributed by atoms with Gasteiger partial charge in [0.25, 0.3) is 10.0 Å². The van der Waals surface area contributed by atoms with Crippen LogP contribution in [0.3, 0.4) is 0 Å². The quantitative estimate of drug-likeness (QED) is 0.848. The van der Waals surface area contributed by atoms with Crippen molar-refractivity contribution in [2.24, 2.45) is 5.41 Å². The van der Waals surface area contributed by atoms with Gasteiger partial charge in [0.05, 0.1) is 6.20 Å². The van der Waals surface area contributed by atoms with Crippen LogP contribution in [0, 0.1) is 5.41 Å². The Morgan fingerprint density at radius 3 is 3.10 bits per heavy atom. The maximum Gasteiger partial charge on any atom is 0.257 e. The van der Waals surface area contributed by atoms with E-state index >= 15 is 0 Å². The molecule has 7 heteroatoms. The van der Waals surface area contributed by atoms with E-state index in [9.17, 15) is 8.42 Å². The summed E-state index contributed by atoms with van der Waals surface area (Å²) in [4.78, 5) is 4.21. The van der Waals surface area contributed by atoms with Gasteiger partial charge in [0, 0.05) is 26.1 Å². The molecular formula is C13H22N4O2S. The average molecular weight is 298 g/mol. The Balaban J connectivity index is 1.72. The number of sulfonamides is 1. The van der Waals surface area contributed by atoms with E-state index in [2.05, 4.69) is 21.9 Å². The van der Waals surface area contributed by atoms with E-state index in [1.54, 1.807) is 0 Å². The second-order valence-corrected chi connectivity index (χ2v) is 7.90. The Bertz CT molecular complexity index is 588. The van der Waals surface area contributed by atoms with Crippen molar-refractivity contribution in [3.05, 3.63) is 12.0 Å². The molecule has 112 valence electrons. The Hall–Kier alpha value is -0.920. The highest BCUT2D eigenvalue weighted by atomic mass is 32.2. The van der Waals surface area contributed by atoms with Crippen LogP contribution in [-0.4, -0.2) is 37.6 Å². The first kappa shape index (κ1) is 14.0. The van der Waals surface area contributed by atoms with Gasteiger partial charge in [0.1, 0.15) is 5.82 Å². The largest absolute Gasteiger partial charge is 0.318 e. The zero-order chi connectivity index (χ0) is 14.2. The molecule has 1 atom stereocenters. The summed E-state index contributed by atoms with van der Waals surface area (Å²) in [6.45, 7) is 5.24. The maximum absolute atomic E-state index is 12.4. The molecule has 3 rings (SSSR count). The van der Waals surface area contributed by atoms with E-state index in [0.29, 0.717) is 11.6 Å². The number of piperidine rings is 1. The van der Waals surface area contributed by atoms with Gasteiger partial charge in [-0.05, 0) is 31.2 Å². The topological polar surface area (TPSA) is 76.0 Å². The fourth-order valence-corrected chi connectivity index (χ4v) is 4.42. The summed E-state index contributed by atoms with van der Waals surface area (Å²) in [6, 6.07) is 0. The molecule has 3 heterocycles. The molecule has 1 unspecified atom stereocenters. The van der Waals surface area contributed by atoms with Gasteiger partial charge < -0.3 is 9.88 Å². The van der Waals surface area contributed by atoms with E-state index in [0.717, 1.165) is 51.1 Å².